The van der Waals surface area contributed by atoms with Crippen LogP contribution in [0.4, 0.5) is 5.82 Å². The Balaban J connectivity index is 2.18. The zero-order valence-corrected chi connectivity index (χ0v) is 8.88. The first kappa shape index (κ1) is 9.70. The molecule has 15 heavy (non-hydrogen) atoms. The highest BCUT2D eigenvalue weighted by atomic mass is 15.4. The van der Waals surface area contributed by atoms with Gasteiger partial charge in [0.15, 0.2) is 5.82 Å². The van der Waals surface area contributed by atoms with Crippen molar-refractivity contribution in [2.75, 3.05) is 5.73 Å². The summed E-state index contributed by atoms with van der Waals surface area (Å²) in [6.07, 6.45) is 3.83. The van der Waals surface area contributed by atoms with Gasteiger partial charge in [0.2, 0.25) is 0 Å². The van der Waals surface area contributed by atoms with Crippen LogP contribution in [0.1, 0.15) is 18.2 Å². The van der Waals surface area contributed by atoms with Crippen LogP contribution < -0.4 is 5.73 Å². The Hall–Kier alpha value is -1.85. The molecule has 6 heteroatoms. The Morgan fingerprint density at radius 3 is 2.80 bits per heavy atom. The molecule has 2 heterocycles. The lowest BCUT2D eigenvalue weighted by Crippen LogP contribution is -2.03. The second-order valence-electron chi connectivity index (χ2n) is 3.42. The van der Waals surface area contributed by atoms with E-state index in [1.807, 2.05) is 24.0 Å². The molecule has 0 fully saturated rings. The van der Waals surface area contributed by atoms with E-state index in [0.29, 0.717) is 12.4 Å². The SMILES string of the molecule is CCn1cc(Cn2nnc(N)c2C)cn1. The molecule has 6 nitrogen and oxygen atoms in total. The molecule has 0 spiro atoms. The maximum atomic E-state index is 5.61. The van der Waals surface area contributed by atoms with Gasteiger partial charge in [0, 0.05) is 18.3 Å². The number of nitrogens with zero attached hydrogens (tertiary/aromatic N) is 5. The number of hydrogen-bond acceptors (Lipinski definition) is 4. The predicted molar refractivity (Wildman–Crippen MR) is 56.2 cm³/mol. The minimum Gasteiger partial charge on any atom is -0.381 e. The highest BCUT2D eigenvalue weighted by Crippen LogP contribution is 2.07. The average molecular weight is 206 g/mol. The van der Waals surface area contributed by atoms with Crippen LogP contribution in [-0.4, -0.2) is 24.8 Å². The average Bonchev–Trinajstić information content (AvgIpc) is 2.80. The zero-order valence-electron chi connectivity index (χ0n) is 8.88. The molecule has 0 unspecified atom stereocenters. The Morgan fingerprint density at radius 1 is 1.47 bits per heavy atom. The second-order valence-corrected chi connectivity index (χ2v) is 3.42. The summed E-state index contributed by atoms with van der Waals surface area (Å²) in [5.41, 5.74) is 7.60. The van der Waals surface area contributed by atoms with E-state index in [0.717, 1.165) is 17.8 Å². The largest absolute Gasteiger partial charge is 0.381 e. The molecule has 0 aliphatic rings. The maximum Gasteiger partial charge on any atom is 0.168 e. The van der Waals surface area contributed by atoms with E-state index in [2.05, 4.69) is 22.3 Å². The van der Waals surface area contributed by atoms with Gasteiger partial charge < -0.3 is 5.73 Å². The molecule has 2 N–H and O–H groups in total. The quantitative estimate of drug-likeness (QED) is 0.790. The van der Waals surface area contributed by atoms with E-state index in [1.54, 1.807) is 4.68 Å². The molecule has 2 aromatic heterocycles. The number of hydrogen-bond donors (Lipinski definition) is 1. The van der Waals surface area contributed by atoms with Crippen molar-refractivity contribution < 1.29 is 0 Å². The van der Waals surface area contributed by atoms with Crippen LogP contribution in [0.3, 0.4) is 0 Å². The van der Waals surface area contributed by atoms with Crippen molar-refractivity contribution in [2.45, 2.75) is 26.9 Å². The van der Waals surface area contributed by atoms with Crippen molar-refractivity contribution in [3.63, 3.8) is 0 Å². The molecule has 2 rings (SSSR count). The summed E-state index contributed by atoms with van der Waals surface area (Å²) in [4.78, 5) is 0. The van der Waals surface area contributed by atoms with E-state index in [4.69, 9.17) is 5.73 Å². The number of aromatic nitrogens is 5. The summed E-state index contributed by atoms with van der Waals surface area (Å²) >= 11 is 0. The lowest BCUT2D eigenvalue weighted by Gasteiger charge is -1.99. The summed E-state index contributed by atoms with van der Waals surface area (Å²) < 4.78 is 3.65. The molecule has 0 saturated heterocycles. The lowest BCUT2D eigenvalue weighted by molar-refractivity contribution is 0.629. The molecule has 0 saturated carbocycles. The summed E-state index contributed by atoms with van der Waals surface area (Å²) in [5, 5.41) is 11.9. The van der Waals surface area contributed by atoms with E-state index < -0.39 is 0 Å². The first-order valence-electron chi connectivity index (χ1n) is 4.87. The molecule has 0 amide bonds. The van der Waals surface area contributed by atoms with Crippen LogP contribution in [0.5, 0.6) is 0 Å². The number of anilines is 1. The zero-order chi connectivity index (χ0) is 10.8. The minimum atomic E-state index is 0.484. The summed E-state index contributed by atoms with van der Waals surface area (Å²) in [5.74, 6) is 0.484. The molecule has 0 bridgehead atoms. The van der Waals surface area contributed by atoms with Crippen LogP contribution in [0, 0.1) is 6.92 Å². The molecule has 0 atom stereocenters. The molecule has 0 aliphatic heterocycles. The van der Waals surface area contributed by atoms with Gasteiger partial charge in [-0.05, 0) is 13.8 Å². The van der Waals surface area contributed by atoms with Crippen LogP contribution in [0.25, 0.3) is 0 Å². The van der Waals surface area contributed by atoms with E-state index >= 15 is 0 Å². The summed E-state index contributed by atoms with van der Waals surface area (Å²) in [6.45, 7) is 5.49. The highest BCUT2D eigenvalue weighted by Gasteiger charge is 2.06. The molecular formula is C9H14N6. The Bertz CT molecular complexity index is 455. The number of rotatable bonds is 3. The topological polar surface area (TPSA) is 74.5 Å². The fourth-order valence-electron chi connectivity index (χ4n) is 1.36. The Morgan fingerprint density at radius 2 is 2.27 bits per heavy atom. The van der Waals surface area contributed by atoms with Crippen LogP contribution in [0.15, 0.2) is 12.4 Å². The maximum absolute atomic E-state index is 5.61. The highest BCUT2D eigenvalue weighted by molar-refractivity contribution is 5.31. The number of nitrogens with two attached hydrogens (primary N) is 1. The van der Waals surface area contributed by atoms with E-state index in [1.165, 1.54) is 0 Å². The predicted octanol–water partition coefficient (Wildman–Crippen LogP) is 0.433. The third kappa shape index (κ3) is 1.83. The van der Waals surface area contributed by atoms with Crippen LogP contribution in [0.2, 0.25) is 0 Å². The van der Waals surface area contributed by atoms with Crippen molar-refractivity contribution in [2.24, 2.45) is 0 Å². The molecule has 0 aliphatic carbocycles. The van der Waals surface area contributed by atoms with Crippen LogP contribution in [-0.2, 0) is 13.1 Å². The molecule has 2 aromatic rings. The van der Waals surface area contributed by atoms with Gasteiger partial charge in [-0.2, -0.15) is 5.10 Å². The smallest absolute Gasteiger partial charge is 0.168 e. The monoisotopic (exact) mass is 206 g/mol. The third-order valence-electron chi connectivity index (χ3n) is 2.36. The number of nitrogen functional groups attached to an aromatic ring is 1. The number of aryl methyl sites for hydroxylation is 1. The van der Waals surface area contributed by atoms with Gasteiger partial charge in [0.05, 0.1) is 18.4 Å². The third-order valence-corrected chi connectivity index (χ3v) is 2.36. The molecule has 0 radical (unpaired) electrons. The lowest BCUT2D eigenvalue weighted by atomic mass is 10.3. The van der Waals surface area contributed by atoms with Gasteiger partial charge in [-0.1, -0.05) is 5.21 Å². The fourth-order valence-corrected chi connectivity index (χ4v) is 1.36. The van der Waals surface area contributed by atoms with Gasteiger partial charge in [-0.3, -0.25) is 4.68 Å². The van der Waals surface area contributed by atoms with Crippen molar-refractivity contribution in [3.8, 4) is 0 Å². The Kier molecular flexibility index (Phi) is 2.40. The van der Waals surface area contributed by atoms with E-state index in [9.17, 15) is 0 Å². The molecular weight excluding hydrogens is 192 g/mol. The van der Waals surface area contributed by atoms with Gasteiger partial charge in [0.1, 0.15) is 0 Å². The minimum absolute atomic E-state index is 0.484. The standard InChI is InChI=1S/C9H14N6/c1-3-14-5-8(4-11-14)6-15-7(2)9(10)12-13-15/h4-5H,3,6,10H2,1-2H3. The molecule has 0 aromatic carbocycles. The van der Waals surface area contributed by atoms with Crippen LogP contribution >= 0.6 is 0 Å². The van der Waals surface area contributed by atoms with Gasteiger partial charge in [-0.25, -0.2) is 4.68 Å². The van der Waals surface area contributed by atoms with Crippen molar-refractivity contribution in [1.82, 2.24) is 24.8 Å². The van der Waals surface area contributed by atoms with Crippen molar-refractivity contribution in [1.29, 1.82) is 0 Å². The van der Waals surface area contributed by atoms with Crippen molar-refractivity contribution >= 4 is 5.82 Å². The van der Waals surface area contributed by atoms with Gasteiger partial charge in [0.25, 0.3) is 0 Å². The van der Waals surface area contributed by atoms with Crippen molar-refractivity contribution in [3.05, 3.63) is 23.7 Å². The second kappa shape index (κ2) is 3.72. The van der Waals surface area contributed by atoms with E-state index in [-0.39, 0.29) is 0 Å². The fraction of sp³-hybridized carbons (Fsp3) is 0.444. The Labute approximate surface area is 87.7 Å². The van der Waals surface area contributed by atoms with Gasteiger partial charge >= 0.3 is 0 Å². The summed E-state index contributed by atoms with van der Waals surface area (Å²) in [7, 11) is 0. The first-order chi connectivity index (χ1) is 7.20. The normalized spacial score (nSPS) is 10.8. The first-order valence-corrected chi connectivity index (χ1v) is 4.87. The van der Waals surface area contributed by atoms with Gasteiger partial charge in [-0.15, -0.1) is 5.10 Å². The molecule has 80 valence electrons. The summed E-state index contributed by atoms with van der Waals surface area (Å²) in [6, 6.07) is 0.